The van der Waals surface area contributed by atoms with Gasteiger partial charge in [0.05, 0.1) is 0 Å². The summed E-state index contributed by atoms with van der Waals surface area (Å²) in [6.07, 6.45) is 5.42. The molecule has 0 saturated heterocycles. The van der Waals surface area contributed by atoms with Gasteiger partial charge in [0, 0.05) is 0 Å². The van der Waals surface area contributed by atoms with Crippen LogP contribution in [-0.2, 0) is 0 Å². The molecule has 0 aliphatic carbocycles. The van der Waals surface area contributed by atoms with Crippen molar-refractivity contribution in [3.05, 3.63) is 60.6 Å². The van der Waals surface area contributed by atoms with Crippen molar-refractivity contribution < 1.29 is 44.2 Å². The number of nitrogens with one attached hydrogen (secondary N) is 2. The van der Waals surface area contributed by atoms with E-state index in [9.17, 15) is 0 Å². The summed E-state index contributed by atoms with van der Waals surface area (Å²) < 4.78 is 2.69. The number of aromatic amines is 2. The van der Waals surface area contributed by atoms with Crippen molar-refractivity contribution in [1.29, 1.82) is 0 Å². The topological polar surface area (TPSA) is 83.1 Å². The van der Waals surface area contributed by atoms with Gasteiger partial charge in [-0.15, -0.1) is 0 Å². The molecule has 3 aromatic heterocycles. The van der Waals surface area contributed by atoms with E-state index in [1.165, 1.54) is 11.3 Å². The van der Waals surface area contributed by atoms with E-state index in [4.69, 9.17) is 15.0 Å². The maximum atomic E-state index is 4.88. The fraction of sp³-hybridized carbons (Fsp3) is 0.231. The van der Waals surface area contributed by atoms with Crippen LogP contribution in [0.1, 0.15) is 51.2 Å². The zero-order valence-corrected chi connectivity index (χ0v) is 20.9. The minimum absolute atomic E-state index is 0.0599. The maximum absolute atomic E-state index is 4.88. The van der Waals surface area contributed by atoms with E-state index < -0.39 is 0 Å². The molecule has 0 unspecified atom stereocenters. The van der Waals surface area contributed by atoms with E-state index in [0.717, 1.165) is 45.2 Å². The second-order valence-corrected chi connectivity index (χ2v) is 11.5. The predicted molar refractivity (Wildman–Crippen MR) is 128 cm³/mol. The molecule has 4 heterocycles. The van der Waals surface area contributed by atoms with E-state index in [2.05, 4.69) is 73.0 Å². The van der Waals surface area contributed by atoms with Gasteiger partial charge in [0.25, 0.3) is 0 Å². The Balaban J connectivity index is 1.44. The summed E-state index contributed by atoms with van der Waals surface area (Å²) in [7, 11) is 0. The molecule has 1 aliphatic rings. The van der Waals surface area contributed by atoms with E-state index >= 15 is 0 Å². The average molecular weight is 552 g/mol. The van der Waals surface area contributed by atoms with Crippen LogP contribution in [0.2, 0.25) is 0 Å². The van der Waals surface area contributed by atoms with Gasteiger partial charge in [0.15, 0.2) is 0 Å². The van der Waals surface area contributed by atoms with Crippen molar-refractivity contribution in [3.8, 4) is 33.6 Å². The third-order valence-corrected chi connectivity index (χ3v) is 8.60. The predicted octanol–water partition coefficient (Wildman–Crippen LogP) is 4.67. The molecule has 0 saturated carbocycles. The molecule has 6 nitrogen and oxygen atoms in total. The molecule has 0 atom stereocenters. The van der Waals surface area contributed by atoms with Crippen molar-refractivity contribution >= 4 is 11.2 Å². The summed E-state index contributed by atoms with van der Waals surface area (Å²) in [5.41, 5.74) is 8.45. The Kier molecular flexibility index (Phi) is 5.31. The molecule has 2 N–H and O–H groups in total. The Bertz CT molecular complexity index is 1510. The molecule has 33 heavy (non-hydrogen) atoms. The van der Waals surface area contributed by atoms with Gasteiger partial charge in [-0.2, -0.15) is 0 Å². The molecule has 0 amide bonds. The molecule has 2 aromatic carbocycles. The number of rotatable bonds is 4. The molecule has 0 fully saturated rings. The van der Waals surface area contributed by atoms with Crippen molar-refractivity contribution in [3.63, 3.8) is 0 Å². The van der Waals surface area contributed by atoms with E-state index in [-0.39, 0.29) is 44.2 Å². The second-order valence-electron chi connectivity index (χ2n) is 8.95. The molecule has 6 rings (SSSR count). The van der Waals surface area contributed by atoms with Crippen molar-refractivity contribution in [1.82, 2.24) is 29.9 Å². The minimum atomic E-state index is -0.0599. The first-order valence-corrected chi connectivity index (χ1v) is 13.2. The van der Waals surface area contributed by atoms with Crippen LogP contribution in [0.4, 0.5) is 0 Å². The normalized spacial score (nSPS) is 12.9. The molecular weight excluding hydrogens is 528 g/mol. The third kappa shape index (κ3) is 3.61. The number of fused-ring (bicyclic) bond motifs is 4. The molecule has 166 valence electrons. The van der Waals surface area contributed by atoms with Gasteiger partial charge in [0.1, 0.15) is 0 Å². The Labute approximate surface area is 217 Å². The molecule has 0 radical (unpaired) electrons. The van der Waals surface area contributed by atoms with Crippen LogP contribution in [0.25, 0.3) is 44.7 Å². The number of hydrogen-bond donors (Lipinski definition) is 2. The van der Waals surface area contributed by atoms with Gasteiger partial charge in [-0.05, 0) is 0 Å². The molecule has 5 aromatic rings. The van der Waals surface area contributed by atoms with E-state index in [0.29, 0.717) is 11.8 Å². The molecule has 7 heteroatoms. The van der Waals surface area contributed by atoms with Crippen molar-refractivity contribution in [2.45, 2.75) is 39.5 Å². The monoisotopic (exact) mass is 552 g/mol. The first-order valence-electron chi connectivity index (χ1n) is 11.2. The van der Waals surface area contributed by atoms with E-state index in [1.54, 1.807) is 12.4 Å². The van der Waals surface area contributed by atoms with Crippen LogP contribution < -0.4 is 0.193 Å². The standard InChI is InChI=1S/C26H24N6Xe/c1-13(2)24-29-12-19(30-24)17-8-7-16(21-22(17)28-10-9-27-21)15-5-6-18-20(11-15)33-26-23(18)31-25(32-26)14(3)4/h5-14H,1-4H3,(H,29,30)(H,31,32). The number of hydrogen-bond acceptors (Lipinski definition) is 4. The van der Waals surface area contributed by atoms with Gasteiger partial charge >= 0.3 is 219 Å². The summed E-state index contributed by atoms with van der Waals surface area (Å²) in [6.45, 7) is 8.62. The van der Waals surface area contributed by atoms with Crippen LogP contribution in [-0.4, -0.2) is 29.9 Å². The van der Waals surface area contributed by atoms with E-state index in [1.807, 2.05) is 6.20 Å². The molecule has 1 aliphatic heterocycles. The van der Waals surface area contributed by atoms with Gasteiger partial charge < -0.3 is 0 Å². The second kappa shape index (κ2) is 8.22. The van der Waals surface area contributed by atoms with Crippen LogP contribution in [0.5, 0.6) is 0 Å². The Morgan fingerprint density at radius 3 is 2.18 bits per heavy atom. The summed E-state index contributed by atoms with van der Waals surface area (Å²) >= 11 is -0.0599. The Hall–Kier alpha value is -2.23. The summed E-state index contributed by atoms with van der Waals surface area (Å²) in [4.78, 5) is 25.9. The van der Waals surface area contributed by atoms with Crippen LogP contribution in [0, 0.1) is 44.2 Å². The number of aromatic nitrogens is 6. The van der Waals surface area contributed by atoms with Gasteiger partial charge in [-0.25, -0.2) is 0 Å². The quantitative estimate of drug-likeness (QED) is 0.334. The summed E-state index contributed by atoms with van der Waals surface area (Å²) in [5, 5.41) is 0. The molecule has 0 bridgehead atoms. The zero-order valence-electron chi connectivity index (χ0n) is 18.9. The fourth-order valence-electron chi connectivity index (χ4n) is 4.19. The third-order valence-electron chi connectivity index (χ3n) is 5.98. The average Bonchev–Trinajstić information content (AvgIpc) is 3.52. The molecule has 0 spiro atoms. The molecular formula is C26H24N6Xe. The first kappa shape index (κ1) is 21.3. The van der Waals surface area contributed by atoms with Crippen LogP contribution >= 0.6 is 0 Å². The van der Waals surface area contributed by atoms with Crippen molar-refractivity contribution in [2.75, 3.05) is 0 Å². The number of imidazole rings is 2. The number of nitrogens with zero attached hydrogens (tertiary/aromatic N) is 4. The van der Waals surface area contributed by atoms with Gasteiger partial charge in [0.2, 0.25) is 0 Å². The number of H-pyrrole nitrogens is 2. The first-order chi connectivity index (χ1) is 16.0. The van der Waals surface area contributed by atoms with Gasteiger partial charge in [-0.3, -0.25) is 0 Å². The Morgan fingerprint density at radius 1 is 0.758 bits per heavy atom. The summed E-state index contributed by atoms with van der Waals surface area (Å²) in [5.74, 6) is 2.81. The van der Waals surface area contributed by atoms with Crippen LogP contribution in [0.3, 0.4) is 0 Å². The SMILES string of the molecule is CC(C)c1ncc(-c2ccc(-c3ccc4c(c3)[Xe]c3[nH]c(C(C)C)nc3-4)c3nccnc23)[nH]1. The van der Waals surface area contributed by atoms with Crippen LogP contribution in [0.15, 0.2) is 48.9 Å². The van der Waals surface area contributed by atoms with Crippen molar-refractivity contribution in [2.24, 2.45) is 0 Å². The number of benzene rings is 2. The van der Waals surface area contributed by atoms with Gasteiger partial charge in [-0.1, -0.05) is 0 Å². The summed E-state index contributed by atoms with van der Waals surface area (Å²) in [6, 6.07) is 11.0. The fourth-order valence-corrected chi connectivity index (χ4v) is 6.88. The zero-order chi connectivity index (χ0) is 22.7. The Morgan fingerprint density at radius 2 is 1.45 bits per heavy atom.